The van der Waals surface area contributed by atoms with Crippen LogP contribution in [0, 0.1) is 6.92 Å². The number of rotatable bonds is 10. The lowest BCUT2D eigenvalue weighted by atomic mass is 10.0. The largest absolute Gasteiger partial charge is 0.388 e. The van der Waals surface area contributed by atoms with Crippen LogP contribution in [0.1, 0.15) is 67.6 Å². The third kappa shape index (κ3) is 5.43. The first-order chi connectivity index (χ1) is 13.6. The van der Waals surface area contributed by atoms with Gasteiger partial charge in [0.1, 0.15) is 0 Å². The summed E-state index contributed by atoms with van der Waals surface area (Å²) >= 11 is 1.73. The number of carbonyl (C=O) groups excluding carboxylic acids is 1. The van der Waals surface area contributed by atoms with E-state index in [9.17, 15) is 9.90 Å². The van der Waals surface area contributed by atoms with E-state index in [1.807, 2.05) is 29.2 Å². The Kier molecular flexibility index (Phi) is 7.65. The van der Waals surface area contributed by atoms with Gasteiger partial charge in [-0.1, -0.05) is 38.3 Å². The number of aliphatic hydroxyl groups is 1. The number of thiophene rings is 1. The average Bonchev–Trinajstić information content (AvgIpc) is 3.27. The lowest BCUT2D eigenvalue weighted by molar-refractivity contribution is -0.117. The normalized spacial score (nSPS) is 18.0. The van der Waals surface area contributed by atoms with E-state index >= 15 is 0 Å². The Morgan fingerprint density at radius 2 is 2.07 bits per heavy atom. The first-order valence-corrected chi connectivity index (χ1v) is 11.2. The number of hydrogen-bond donors (Lipinski definition) is 1. The van der Waals surface area contributed by atoms with Gasteiger partial charge in [-0.2, -0.15) is 0 Å². The van der Waals surface area contributed by atoms with Crippen molar-refractivity contribution in [1.82, 2.24) is 0 Å². The van der Waals surface area contributed by atoms with Crippen LogP contribution in [0.2, 0.25) is 0 Å². The molecule has 1 saturated heterocycles. The Hall–Kier alpha value is -1.69. The molecule has 4 nitrogen and oxygen atoms in total. The van der Waals surface area contributed by atoms with E-state index in [0.717, 1.165) is 43.4 Å². The summed E-state index contributed by atoms with van der Waals surface area (Å²) in [5, 5.41) is 12.5. The van der Waals surface area contributed by atoms with Crippen molar-refractivity contribution in [3.8, 4) is 0 Å². The molecule has 2 atom stereocenters. The van der Waals surface area contributed by atoms with Crippen molar-refractivity contribution in [3.63, 3.8) is 0 Å². The highest BCUT2D eigenvalue weighted by Gasteiger charge is 2.32. The fourth-order valence-corrected chi connectivity index (χ4v) is 4.45. The molecule has 5 heteroatoms. The highest BCUT2D eigenvalue weighted by atomic mass is 32.1. The predicted molar refractivity (Wildman–Crippen MR) is 115 cm³/mol. The average molecular weight is 402 g/mol. The number of hydrogen-bond acceptors (Lipinski definition) is 4. The van der Waals surface area contributed by atoms with Gasteiger partial charge in [-0.25, -0.2) is 0 Å². The molecule has 0 aliphatic carbocycles. The van der Waals surface area contributed by atoms with Gasteiger partial charge in [0.15, 0.2) is 0 Å². The third-order valence-electron chi connectivity index (χ3n) is 5.33. The van der Waals surface area contributed by atoms with Gasteiger partial charge in [0, 0.05) is 17.0 Å². The van der Waals surface area contributed by atoms with Crippen LogP contribution in [0.4, 0.5) is 5.69 Å². The van der Waals surface area contributed by atoms with Gasteiger partial charge < -0.3 is 14.7 Å². The van der Waals surface area contributed by atoms with Gasteiger partial charge in [-0.3, -0.25) is 4.79 Å². The van der Waals surface area contributed by atoms with Crippen LogP contribution in [0.25, 0.3) is 0 Å². The summed E-state index contributed by atoms with van der Waals surface area (Å²) in [7, 11) is 0. The number of aryl methyl sites for hydroxylation is 1. The Labute approximate surface area is 172 Å². The molecule has 0 radical (unpaired) electrons. The van der Waals surface area contributed by atoms with Crippen LogP contribution in [-0.2, 0) is 16.1 Å². The van der Waals surface area contributed by atoms with Crippen molar-refractivity contribution in [1.29, 1.82) is 0 Å². The molecule has 3 rings (SSSR count). The topological polar surface area (TPSA) is 49.8 Å². The van der Waals surface area contributed by atoms with E-state index < -0.39 is 6.10 Å². The van der Waals surface area contributed by atoms with E-state index in [0.29, 0.717) is 19.6 Å². The minimum atomic E-state index is -0.428. The zero-order valence-electron chi connectivity index (χ0n) is 16.9. The van der Waals surface area contributed by atoms with Crippen molar-refractivity contribution in [3.05, 3.63) is 51.7 Å². The lowest BCUT2D eigenvalue weighted by Gasteiger charge is -2.25. The molecule has 1 amide bonds. The number of aliphatic hydroxyl groups excluding tert-OH is 1. The highest BCUT2D eigenvalue weighted by Crippen LogP contribution is 2.29. The molecule has 1 aromatic heterocycles. The third-order valence-corrected chi connectivity index (χ3v) is 6.24. The molecule has 0 spiro atoms. The van der Waals surface area contributed by atoms with Crippen molar-refractivity contribution in [2.45, 2.75) is 71.1 Å². The number of amides is 1. The van der Waals surface area contributed by atoms with Gasteiger partial charge in [0.25, 0.3) is 0 Å². The Bertz CT molecular complexity index is 755. The van der Waals surface area contributed by atoms with E-state index in [4.69, 9.17) is 4.74 Å². The molecule has 0 saturated carbocycles. The molecule has 28 heavy (non-hydrogen) atoms. The summed E-state index contributed by atoms with van der Waals surface area (Å²) < 4.78 is 5.91. The van der Waals surface area contributed by atoms with Crippen molar-refractivity contribution in [2.24, 2.45) is 0 Å². The molecule has 1 aliphatic rings. The fourth-order valence-electron chi connectivity index (χ4n) is 3.75. The molecule has 1 fully saturated rings. The molecule has 1 aliphatic heterocycles. The van der Waals surface area contributed by atoms with Crippen LogP contribution >= 0.6 is 11.3 Å². The number of benzene rings is 1. The van der Waals surface area contributed by atoms with Crippen LogP contribution in [0.15, 0.2) is 35.7 Å². The second-order valence-electron chi connectivity index (χ2n) is 7.64. The summed E-state index contributed by atoms with van der Waals surface area (Å²) in [6.45, 7) is 5.39. The van der Waals surface area contributed by atoms with Gasteiger partial charge in [-0.05, 0) is 54.5 Å². The maximum absolute atomic E-state index is 12.4. The minimum absolute atomic E-state index is 0.0764. The SMILES string of the molecule is CCCCCC(O)c1ccc(N2C(=O)CC[C@@H]2COCc2csc(C)c2)cc1. The number of nitrogens with zero attached hydrogens (tertiary/aromatic N) is 1. The van der Waals surface area contributed by atoms with Crippen LogP contribution < -0.4 is 4.90 Å². The molecular weight excluding hydrogens is 370 g/mol. The van der Waals surface area contributed by atoms with Gasteiger partial charge in [0.05, 0.1) is 25.4 Å². The van der Waals surface area contributed by atoms with E-state index in [-0.39, 0.29) is 11.9 Å². The summed E-state index contributed by atoms with van der Waals surface area (Å²) in [4.78, 5) is 15.6. The Morgan fingerprint density at radius 1 is 1.29 bits per heavy atom. The van der Waals surface area contributed by atoms with Crippen molar-refractivity contribution >= 4 is 22.9 Å². The number of unbranched alkanes of at least 4 members (excludes halogenated alkanes) is 2. The summed E-state index contributed by atoms with van der Waals surface area (Å²) in [5.41, 5.74) is 3.01. The highest BCUT2D eigenvalue weighted by molar-refractivity contribution is 7.10. The molecule has 2 heterocycles. The first-order valence-electron chi connectivity index (χ1n) is 10.3. The maximum Gasteiger partial charge on any atom is 0.227 e. The van der Waals surface area contributed by atoms with Crippen LogP contribution in [0.3, 0.4) is 0 Å². The zero-order valence-corrected chi connectivity index (χ0v) is 17.7. The maximum atomic E-state index is 12.4. The molecule has 1 aromatic carbocycles. The molecule has 152 valence electrons. The lowest BCUT2D eigenvalue weighted by Crippen LogP contribution is -2.36. The van der Waals surface area contributed by atoms with Crippen molar-refractivity contribution < 1.29 is 14.6 Å². The second-order valence-corrected chi connectivity index (χ2v) is 8.76. The smallest absolute Gasteiger partial charge is 0.227 e. The standard InChI is InChI=1S/C23H31NO3S/c1-3-4-5-6-22(25)19-7-9-20(10-8-19)24-21(11-12-23(24)26)15-27-14-18-13-17(2)28-16-18/h7-10,13,16,21-22,25H,3-6,11-12,14-15H2,1-2H3/t21-,22?/m1/s1. The molecule has 2 aromatic rings. The minimum Gasteiger partial charge on any atom is -0.388 e. The Morgan fingerprint density at radius 3 is 2.75 bits per heavy atom. The quantitative estimate of drug-likeness (QED) is 0.544. The van der Waals surface area contributed by atoms with Crippen LogP contribution in [-0.4, -0.2) is 23.7 Å². The summed E-state index contributed by atoms with van der Waals surface area (Å²) in [6, 6.07) is 10.0. The molecule has 0 bridgehead atoms. The van der Waals surface area contributed by atoms with E-state index in [1.165, 1.54) is 10.4 Å². The van der Waals surface area contributed by atoms with Gasteiger partial charge >= 0.3 is 0 Å². The van der Waals surface area contributed by atoms with Gasteiger partial charge in [0.2, 0.25) is 5.91 Å². The Balaban J connectivity index is 1.57. The van der Waals surface area contributed by atoms with Crippen molar-refractivity contribution in [2.75, 3.05) is 11.5 Å². The van der Waals surface area contributed by atoms with Crippen LogP contribution in [0.5, 0.6) is 0 Å². The van der Waals surface area contributed by atoms with E-state index in [2.05, 4.69) is 25.3 Å². The first kappa shape index (κ1) is 21.0. The number of ether oxygens (including phenoxy) is 1. The molecular formula is C23H31NO3S. The summed E-state index contributed by atoms with van der Waals surface area (Å²) in [6.07, 6.45) is 5.07. The monoisotopic (exact) mass is 401 g/mol. The van der Waals surface area contributed by atoms with Gasteiger partial charge in [-0.15, -0.1) is 11.3 Å². The number of carbonyl (C=O) groups is 1. The second kappa shape index (κ2) is 10.2. The zero-order chi connectivity index (χ0) is 19.9. The molecule has 1 unspecified atom stereocenters. The number of anilines is 1. The summed E-state index contributed by atoms with van der Waals surface area (Å²) in [5.74, 6) is 0.149. The fraction of sp³-hybridized carbons (Fsp3) is 0.522. The molecule has 1 N–H and O–H groups in total. The predicted octanol–water partition coefficient (Wildman–Crippen LogP) is 5.38. The van der Waals surface area contributed by atoms with E-state index in [1.54, 1.807) is 11.3 Å².